The molecule has 0 aromatic heterocycles. The Morgan fingerprint density at radius 3 is 0.672 bits per heavy atom. The number of rotatable bonds is 77. The van der Waals surface area contributed by atoms with E-state index in [2.05, 4.69) is 80.4 Å². The highest BCUT2D eigenvalue weighted by Gasteiger charge is 2.24. The lowest BCUT2D eigenvalue weighted by Crippen LogP contribution is -2.45. The van der Waals surface area contributed by atoms with E-state index in [1.807, 2.05) is 21.2 Å². The number of carbonyl (C=O) groups excluding carboxylic acids is 17. The quantitative estimate of drug-likeness (QED) is 0.0116. The van der Waals surface area contributed by atoms with Crippen LogP contribution in [0.15, 0.2) is 0 Å². The largest absolute Gasteiger partial charge is 0.355 e. The Morgan fingerprint density at radius 2 is 0.369 bits per heavy atom. The Hall–Kier alpha value is -9.77. The average molecular weight is 1750 g/mol. The summed E-state index contributed by atoms with van der Waals surface area (Å²) >= 11 is 0. The van der Waals surface area contributed by atoms with Gasteiger partial charge in [0.25, 0.3) is 0 Å². The molecule has 0 saturated carbocycles. The molecule has 0 radical (unpaired) electrons. The molecule has 0 aromatic rings. The van der Waals surface area contributed by atoms with Gasteiger partial charge in [0.1, 0.15) is 0 Å². The SMILES string of the molecule is NCCN(CCC(=O)NN)C(=O)CCNCCNC(=O)CCN(CCN(CCC(=O)NCCNCCC(=O)NN)CCC(=O)N(CCNCCC(=O)NN)CCC(=O)NN)C(=O)CCN(CCNC(=O)CCN(CCNCCC(=O)NN)CCC(=O)NCCN(CCC(=O)NN)CCC(=O)NN)CCC(=O)NCCN(CCC(=O)NN)CCC(=O)NN. The minimum Gasteiger partial charge on any atom is -0.355 e. The normalized spacial score (nSPS) is 11.0. The van der Waals surface area contributed by atoms with Gasteiger partial charge in [-0.2, -0.15) is 0 Å². The molecule has 53 heteroatoms. The summed E-state index contributed by atoms with van der Waals surface area (Å²) in [7, 11) is 0. The predicted octanol–water partition coefficient (Wildman–Crippen LogP) is -16.6. The first-order valence-corrected chi connectivity index (χ1v) is 40.9. The minimum absolute atomic E-state index is 0.00268. The smallest absolute Gasteiger partial charge is 0.235 e. The van der Waals surface area contributed by atoms with Gasteiger partial charge in [0.05, 0.1) is 0 Å². The highest BCUT2D eigenvalue weighted by Crippen LogP contribution is 2.08. The van der Waals surface area contributed by atoms with E-state index < -0.39 is 70.9 Å². The van der Waals surface area contributed by atoms with Crippen molar-refractivity contribution < 1.29 is 81.5 Å². The zero-order chi connectivity index (χ0) is 90.9. The van der Waals surface area contributed by atoms with E-state index in [4.69, 9.17) is 58.3 Å². The standard InChI is InChI=1S/C69H142N36O17/c70-18-45-103(43-14-65(118)96-78)67(120)4-22-81-24-26-85-57(110)13-42-105(52-51-102(35-8-53(106)84-25-23-80-19-1-58(111)89-71)41-17-68(121)104(44-15-66(119)97-79)50-28-83-21-3-60(113)91-73)69(122)16-40-101(34-7-56(109)87-30-48-100(38-11-63(116)94-76)39-12-64(117)95-77)49-31-88-55(108)6-33-98(46-27-82-20-2-59(112)90-72)32-5-54(107)86-29-47-99(36-9-61(114)92-74)37-10-62(115)93-75/h80-83H,1-52,70-79H2,(H,84,106)(H,85,110)(H,86,107)(H,87,109)(H,88,108)(H,89,111)(H,90,112)(H,91,113)(H,92,114)(H,93,115)(H,94,116)(H,95,117)(H,96,118)(H,97,119). The van der Waals surface area contributed by atoms with Gasteiger partial charge < -0.3 is 92.8 Å². The molecule has 700 valence electrons. The molecule has 38 N–H and O–H groups in total. The number of hydrazine groups is 9. The Kier molecular flexibility index (Phi) is 68.0. The van der Waals surface area contributed by atoms with Crippen molar-refractivity contribution in [2.75, 3.05) is 229 Å². The van der Waals surface area contributed by atoms with Gasteiger partial charge in [0, 0.05) is 338 Å². The molecular formula is C69H142N36O17. The lowest BCUT2D eigenvalue weighted by Gasteiger charge is -2.30. The van der Waals surface area contributed by atoms with E-state index in [1.165, 1.54) is 14.7 Å². The van der Waals surface area contributed by atoms with Gasteiger partial charge in [-0.15, -0.1) is 0 Å². The summed E-state index contributed by atoms with van der Waals surface area (Å²) < 4.78 is 0. The summed E-state index contributed by atoms with van der Waals surface area (Å²) in [5.41, 5.74) is 24.2. The molecule has 0 unspecified atom stereocenters. The minimum atomic E-state index is -0.541. The van der Waals surface area contributed by atoms with Crippen LogP contribution >= 0.6 is 0 Å². The summed E-state index contributed by atoms with van der Waals surface area (Å²) in [5, 5.41) is 26.6. The van der Waals surface area contributed by atoms with Crippen molar-refractivity contribution in [2.24, 2.45) is 58.3 Å². The number of nitrogens with zero attached hydrogens (tertiary/aromatic N) is 8. The molecular weight excluding hydrogens is 1600 g/mol. The van der Waals surface area contributed by atoms with Crippen LogP contribution in [-0.2, 0) is 81.5 Å². The predicted molar refractivity (Wildman–Crippen MR) is 447 cm³/mol. The summed E-state index contributed by atoms with van der Waals surface area (Å²) in [6, 6.07) is 0. The average Bonchev–Trinajstić information content (AvgIpc) is 0.898. The topological polar surface area (TPSA) is 793 Å². The van der Waals surface area contributed by atoms with Crippen LogP contribution in [0.4, 0.5) is 0 Å². The van der Waals surface area contributed by atoms with Gasteiger partial charge in [-0.05, 0) is 0 Å². The second-order valence-electron chi connectivity index (χ2n) is 27.7. The molecule has 122 heavy (non-hydrogen) atoms. The summed E-state index contributed by atoms with van der Waals surface area (Å²) in [6.45, 7) is 5.33. The highest BCUT2D eigenvalue weighted by molar-refractivity contribution is 5.83. The molecule has 0 aliphatic heterocycles. The molecule has 0 heterocycles. The third-order valence-electron chi connectivity index (χ3n) is 18.7. The second-order valence-corrected chi connectivity index (χ2v) is 27.7. The van der Waals surface area contributed by atoms with Crippen molar-refractivity contribution in [2.45, 2.75) is 109 Å². The van der Waals surface area contributed by atoms with Gasteiger partial charge in [0.2, 0.25) is 100 Å². The summed E-state index contributed by atoms with van der Waals surface area (Å²) in [6.07, 6.45) is -0.683. The van der Waals surface area contributed by atoms with E-state index in [-0.39, 0.29) is 348 Å². The molecule has 0 aliphatic carbocycles. The van der Waals surface area contributed by atoms with Crippen molar-refractivity contribution in [3.8, 4) is 0 Å². The summed E-state index contributed by atoms with van der Waals surface area (Å²) in [5.74, 6) is 40.3. The van der Waals surface area contributed by atoms with Crippen molar-refractivity contribution in [3.05, 3.63) is 0 Å². The fraction of sp³-hybridized carbons (Fsp3) is 0.754. The van der Waals surface area contributed by atoms with Gasteiger partial charge in [0.15, 0.2) is 0 Å². The lowest BCUT2D eigenvalue weighted by molar-refractivity contribution is -0.134. The number of hydrogen-bond donors (Lipinski definition) is 28. The van der Waals surface area contributed by atoms with Gasteiger partial charge in [-0.25, -0.2) is 52.6 Å². The van der Waals surface area contributed by atoms with E-state index in [0.717, 1.165) is 0 Å². The zero-order valence-electron chi connectivity index (χ0n) is 70.6. The number of hydrogen-bond acceptors (Lipinski definition) is 36. The molecule has 0 aliphatic rings. The summed E-state index contributed by atoms with van der Waals surface area (Å²) in [4.78, 5) is 231. The highest BCUT2D eigenvalue weighted by atomic mass is 16.2. The molecule has 53 nitrogen and oxygen atoms in total. The maximum atomic E-state index is 14.9. The molecule has 0 rings (SSSR count). The second kappa shape index (κ2) is 73.9. The maximum absolute atomic E-state index is 14.9. The van der Waals surface area contributed by atoms with E-state index >= 15 is 0 Å². The zero-order valence-corrected chi connectivity index (χ0v) is 70.6. The van der Waals surface area contributed by atoms with Crippen LogP contribution in [-0.4, -0.2) is 369 Å². The first-order valence-electron chi connectivity index (χ1n) is 40.9. The fourth-order valence-corrected chi connectivity index (χ4v) is 11.4. The third kappa shape index (κ3) is 62.4. The van der Waals surface area contributed by atoms with E-state index in [1.54, 1.807) is 19.6 Å². The Morgan fingerprint density at radius 1 is 0.164 bits per heavy atom. The number of amides is 17. The van der Waals surface area contributed by atoms with Crippen LogP contribution in [0.1, 0.15) is 109 Å². The molecule has 0 saturated heterocycles. The molecule has 0 aromatic carbocycles. The van der Waals surface area contributed by atoms with E-state index in [9.17, 15) is 81.5 Å². The molecule has 0 bridgehead atoms. The third-order valence-corrected chi connectivity index (χ3v) is 18.7. The van der Waals surface area contributed by atoms with Gasteiger partial charge >= 0.3 is 0 Å². The molecule has 17 amide bonds. The van der Waals surface area contributed by atoms with Crippen LogP contribution in [0.5, 0.6) is 0 Å². The first kappa shape index (κ1) is 112. The first-order chi connectivity index (χ1) is 58.6. The number of carbonyl (C=O) groups is 17. The van der Waals surface area contributed by atoms with Crippen LogP contribution in [0.25, 0.3) is 0 Å². The lowest BCUT2D eigenvalue weighted by atomic mass is 10.2. The fourth-order valence-electron chi connectivity index (χ4n) is 11.4. The Labute approximate surface area is 711 Å². The van der Waals surface area contributed by atoms with Gasteiger partial charge in [-0.3, -0.25) is 130 Å². The Bertz CT molecular complexity index is 3050. The van der Waals surface area contributed by atoms with Crippen LogP contribution in [0.3, 0.4) is 0 Å². The number of nitrogens with two attached hydrogens (primary N) is 10. The maximum Gasteiger partial charge on any atom is 0.235 e. The molecule has 0 atom stereocenters. The van der Waals surface area contributed by atoms with Crippen LogP contribution < -0.4 is 155 Å². The Balaban J connectivity index is 7.34. The van der Waals surface area contributed by atoms with Crippen molar-refractivity contribution in [1.82, 2.24) is 136 Å². The van der Waals surface area contributed by atoms with Gasteiger partial charge in [-0.1, -0.05) is 0 Å². The van der Waals surface area contributed by atoms with Crippen molar-refractivity contribution in [3.63, 3.8) is 0 Å². The van der Waals surface area contributed by atoms with Crippen LogP contribution in [0, 0.1) is 0 Å². The monoisotopic (exact) mass is 1750 g/mol. The molecule has 0 fully saturated rings. The molecule has 0 spiro atoms. The van der Waals surface area contributed by atoms with Crippen molar-refractivity contribution in [1.29, 1.82) is 0 Å². The van der Waals surface area contributed by atoms with E-state index in [0.29, 0.717) is 19.6 Å². The van der Waals surface area contributed by atoms with Crippen LogP contribution in [0.2, 0.25) is 0 Å². The van der Waals surface area contributed by atoms with Crippen molar-refractivity contribution >= 4 is 100 Å². The number of nitrogens with one attached hydrogen (secondary N) is 18.